The van der Waals surface area contributed by atoms with Crippen molar-refractivity contribution in [2.45, 2.75) is 110 Å². The summed E-state index contributed by atoms with van der Waals surface area (Å²) in [6.45, 7) is 28.6. The molecule has 0 radical (unpaired) electrons. The number of rotatable bonds is 20. The van der Waals surface area contributed by atoms with E-state index in [0.29, 0.717) is 0 Å². The second-order valence-electron chi connectivity index (χ2n) is 14.5. The molecule has 0 N–H and O–H groups in total. The Bertz CT molecular complexity index is 543. The van der Waals surface area contributed by atoms with Crippen molar-refractivity contribution in [3.63, 3.8) is 0 Å². The number of hydrogen-bond acceptors (Lipinski definition) is 0. The van der Waals surface area contributed by atoms with Crippen LogP contribution < -0.4 is 0 Å². The molecule has 0 saturated carbocycles. The quantitative estimate of drug-likeness (QED) is 0.132. The standard InChI is InChI=1S/C33H68N4/c1-3-5-7-9-11-14-18-34-22-28-36(29-23-34,30-24-34)20-16-13-17-21-37-31-25-35(26-32-37,27-33-37)19-15-12-10-8-6-4-2/h3-33H2,1-2H3/q+4. The topological polar surface area (TPSA) is 0 Å². The second-order valence-corrected chi connectivity index (χ2v) is 14.5. The lowest BCUT2D eigenvalue weighted by Gasteiger charge is -2.56. The Morgan fingerprint density at radius 2 is 0.459 bits per heavy atom. The summed E-state index contributed by atoms with van der Waals surface area (Å²) in [7, 11) is 0. The SMILES string of the molecule is CCCCCCCC[N+]12CC[N+](CCCCC[N+]34CC[N+](CCCCCCCC)(CC3)CC4)(CC1)CC2. The molecule has 0 spiro atoms. The Balaban J connectivity index is 1.05. The van der Waals surface area contributed by atoms with Crippen molar-refractivity contribution in [1.82, 2.24) is 0 Å². The van der Waals surface area contributed by atoms with Crippen LogP contribution in [0.5, 0.6) is 0 Å². The van der Waals surface area contributed by atoms with Gasteiger partial charge in [-0.1, -0.05) is 65.2 Å². The van der Waals surface area contributed by atoms with Gasteiger partial charge >= 0.3 is 0 Å². The zero-order chi connectivity index (χ0) is 25.9. The fourth-order valence-corrected chi connectivity index (χ4v) is 8.76. The zero-order valence-electron chi connectivity index (χ0n) is 25.7. The molecule has 6 heterocycles. The van der Waals surface area contributed by atoms with Crippen LogP contribution in [0.4, 0.5) is 0 Å². The largest absolute Gasteiger partial charge is 0.310 e. The maximum absolute atomic E-state index is 2.33. The van der Waals surface area contributed by atoms with Crippen LogP contribution in [-0.2, 0) is 0 Å². The Morgan fingerprint density at radius 1 is 0.270 bits per heavy atom. The minimum absolute atomic E-state index is 1.37. The summed E-state index contributed by atoms with van der Waals surface area (Å²) in [5.41, 5.74) is 0. The molecule has 0 aromatic carbocycles. The van der Waals surface area contributed by atoms with Crippen molar-refractivity contribution in [2.24, 2.45) is 0 Å². The highest BCUT2D eigenvalue weighted by molar-refractivity contribution is 4.65. The van der Waals surface area contributed by atoms with E-state index in [9.17, 15) is 0 Å². The van der Waals surface area contributed by atoms with Crippen LogP contribution in [0.15, 0.2) is 0 Å². The van der Waals surface area contributed by atoms with Gasteiger partial charge in [0, 0.05) is 0 Å². The van der Waals surface area contributed by atoms with E-state index in [1.165, 1.54) is 219 Å². The van der Waals surface area contributed by atoms with Crippen LogP contribution in [-0.4, -0.2) is 123 Å². The van der Waals surface area contributed by atoms with Crippen molar-refractivity contribution >= 4 is 0 Å². The fraction of sp³-hybridized carbons (Fsp3) is 1.00. The number of piperazine rings is 6. The molecule has 6 aliphatic rings. The van der Waals surface area contributed by atoms with Crippen LogP contribution >= 0.6 is 0 Å². The van der Waals surface area contributed by atoms with Gasteiger partial charge in [-0.3, -0.25) is 0 Å². The third kappa shape index (κ3) is 8.41. The molecule has 4 nitrogen and oxygen atoms in total. The number of fused-ring (bicyclic) bond motifs is 6. The molecular formula is C33H68N4+4. The molecule has 6 saturated heterocycles. The van der Waals surface area contributed by atoms with Gasteiger partial charge in [0.1, 0.15) is 78.5 Å². The Morgan fingerprint density at radius 3 is 0.703 bits per heavy atom. The summed E-state index contributed by atoms with van der Waals surface area (Å²) < 4.78 is 5.98. The first-order valence-electron chi connectivity index (χ1n) is 17.5. The summed E-state index contributed by atoms with van der Waals surface area (Å²) in [4.78, 5) is 0. The average Bonchev–Trinajstić information content (AvgIpc) is 2.95. The number of unbranched alkanes of at least 4 members (excludes halogenated alkanes) is 12. The lowest BCUT2D eigenvalue weighted by Crippen LogP contribution is -2.75. The van der Waals surface area contributed by atoms with Gasteiger partial charge in [0.2, 0.25) is 0 Å². The van der Waals surface area contributed by atoms with Gasteiger partial charge in [-0.05, 0) is 44.9 Å². The summed E-state index contributed by atoms with van der Waals surface area (Å²) in [6.07, 6.45) is 22.0. The van der Waals surface area contributed by atoms with Gasteiger partial charge in [0.15, 0.2) is 0 Å². The minimum Gasteiger partial charge on any atom is -0.310 e. The molecule has 0 aromatic rings. The predicted octanol–water partition coefficient (Wildman–Crippen LogP) is 6.20. The van der Waals surface area contributed by atoms with Gasteiger partial charge in [-0.2, -0.15) is 0 Å². The molecule has 0 amide bonds. The average molecular weight is 521 g/mol. The van der Waals surface area contributed by atoms with Gasteiger partial charge < -0.3 is 17.9 Å². The highest BCUT2D eigenvalue weighted by Crippen LogP contribution is 2.30. The molecule has 216 valence electrons. The normalized spacial score (nSPS) is 34.9. The van der Waals surface area contributed by atoms with Crippen molar-refractivity contribution in [3.05, 3.63) is 0 Å². The van der Waals surface area contributed by atoms with Crippen molar-refractivity contribution in [1.29, 1.82) is 0 Å². The van der Waals surface area contributed by atoms with Crippen LogP contribution in [0, 0.1) is 0 Å². The highest BCUT2D eigenvalue weighted by atomic mass is 15.5. The van der Waals surface area contributed by atoms with Crippen LogP contribution in [0.25, 0.3) is 0 Å². The Labute approximate surface area is 232 Å². The molecule has 0 aromatic heterocycles. The van der Waals surface area contributed by atoms with Crippen molar-refractivity contribution in [2.75, 3.05) is 105 Å². The zero-order valence-corrected chi connectivity index (χ0v) is 25.7. The summed E-state index contributed by atoms with van der Waals surface area (Å²) in [5, 5.41) is 0. The van der Waals surface area contributed by atoms with Crippen molar-refractivity contribution in [3.8, 4) is 0 Å². The first-order valence-corrected chi connectivity index (χ1v) is 17.5. The molecule has 6 aliphatic heterocycles. The predicted molar refractivity (Wildman–Crippen MR) is 160 cm³/mol. The van der Waals surface area contributed by atoms with E-state index in [1.54, 1.807) is 0 Å². The summed E-state index contributed by atoms with van der Waals surface area (Å²) >= 11 is 0. The molecule has 0 unspecified atom stereocenters. The first kappa shape index (κ1) is 29.8. The molecule has 6 fully saturated rings. The number of hydrogen-bond donors (Lipinski definition) is 0. The molecule has 37 heavy (non-hydrogen) atoms. The summed E-state index contributed by atoms with van der Waals surface area (Å²) in [6, 6.07) is 0. The van der Waals surface area contributed by atoms with Crippen LogP contribution in [0.1, 0.15) is 110 Å². The minimum atomic E-state index is 1.37. The van der Waals surface area contributed by atoms with E-state index < -0.39 is 0 Å². The Kier molecular flexibility index (Phi) is 11.7. The summed E-state index contributed by atoms with van der Waals surface area (Å²) in [5.74, 6) is 0. The van der Waals surface area contributed by atoms with Crippen LogP contribution in [0.3, 0.4) is 0 Å². The molecule has 0 aliphatic carbocycles. The van der Waals surface area contributed by atoms with Crippen molar-refractivity contribution < 1.29 is 17.9 Å². The fourth-order valence-electron chi connectivity index (χ4n) is 8.76. The van der Waals surface area contributed by atoms with E-state index in [1.807, 2.05) is 0 Å². The molecule has 4 bridgehead atoms. The maximum Gasteiger partial charge on any atom is 0.129 e. The lowest BCUT2D eigenvalue weighted by molar-refractivity contribution is -1.08. The third-order valence-corrected chi connectivity index (χ3v) is 12.0. The third-order valence-electron chi connectivity index (χ3n) is 12.0. The van der Waals surface area contributed by atoms with E-state index in [0.717, 1.165) is 0 Å². The van der Waals surface area contributed by atoms with Gasteiger partial charge in [0.25, 0.3) is 0 Å². The van der Waals surface area contributed by atoms with E-state index in [4.69, 9.17) is 0 Å². The van der Waals surface area contributed by atoms with E-state index >= 15 is 0 Å². The van der Waals surface area contributed by atoms with Gasteiger partial charge in [-0.25, -0.2) is 0 Å². The van der Waals surface area contributed by atoms with E-state index in [-0.39, 0.29) is 0 Å². The molecular weight excluding hydrogens is 452 g/mol. The number of quaternary nitrogens is 4. The lowest BCUT2D eigenvalue weighted by atomic mass is 10.0. The second kappa shape index (κ2) is 14.5. The molecule has 0 atom stereocenters. The smallest absolute Gasteiger partial charge is 0.129 e. The van der Waals surface area contributed by atoms with Gasteiger partial charge in [-0.15, -0.1) is 0 Å². The molecule has 4 heteroatoms. The monoisotopic (exact) mass is 521 g/mol. The first-order chi connectivity index (χ1) is 18.1. The number of nitrogens with zero attached hydrogens (tertiary/aromatic N) is 4. The Hall–Kier alpha value is -0.160. The van der Waals surface area contributed by atoms with E-state index in [2.05, 4.69) is 13.8 Å². The highest BCUT2D eigenvalue weighted by Gasteiger charge is 2.49. The van der Waals surface area contributed by atoms with Gasteiger partial charge in [0.05, 0.1) is 26.2 Å². The van der Waals surface area contributed by atoms with Crippen LogP contribution in [0.2, 0.25) is 0 Å². The maximum atomic E-state index is 2.33. The molecule has 6 rings (SSSR count).